The lowest BCUT2D eigenvalue weighted by atomic mass is 9.86. The maximum absolute atomic E-state index is 13.0. The molecule has 0 bridgehead atoms. The highest BCUT2D eigenvalue weighted by molar-refractivity contribution is 7.92. The molecule has 6 rings (SSSR count). The Balaban J connectivity index is 1.12. The topological polar surface area (TPSA) is 155 Å². The van der Waals surface area contributed by atoms with Gasteiger partial charge >= 0.3 is 0 Å². The molecule has 0 radical (unpaired) electrons. The first-order chi connectivity index (χ1) is 25.8. The number of aromatic nitrogens is 2. The minimum absolute atomic E-state index is 0.0728. The Bertz CT molecular complexity index is 2100. The summed E-state index contributed by atoms with van der Waals surface area (Å²) in [6.45, 7) is 12.1. The summed E-state index contributed by atoms with van der Waals surface area (Å²) in [6, 6.07) is 18.7. The van der Waals surface area contributed by atoms with Gasteiger partial charge in [-0.1, -0.05) is 35.9 Å². The third kappa shape index (κ3) is 9.31. The summed E-state index contributed by atoms with van der Waals surface area (Å²) < 4.78 is 32.4. The predicted molar refractivity (Wildman–Crippen MR) is 213 cm³/mol. The minimum atomic E-state index is -3.56. The summed E-state index contributed by atoms with van der Waals surface area (Å²) in [5.74, 6) is 1.12. The van der Waals surface area contributed by atoms with Crippen LogP contribution in [-0.4, -0.2) is 65.6 Å². The second-order valence-electron chi connectivity index (χ2n) is 14.5. The van der Waals surface area contributed by atoms with Gasteiger partial charge in [-0.2, -0.15) is 4.98 Å². The summed E-state index contributed by atoms with van der Waals surface area (Å²) >= 11 is 6.50. The summed E-state index contributed by atoms with van der Waals surface area (Å²) in [5, 5.41) is 11.7. The first kappa shape index (κ1) is 39.0. The molecule has 1 atom stereocenters. The highest BCUT2D eigenvalue weighted by Crippen LogP contribution is 2.39. The zero-order chi connectivity index (χ0) is 38.6. The van der Waals surface area contributed by atoms with Gasteiger partial charge in [-0.25, -0.2) is 13.4 Å². The number of para-hydroxylation sites is 1. The van der Waals surface area contributed by atoms with E-state index in [2.05, 4.69) is 67.3 Å². The number of anilines is 5. The van der Waals surface area contributed by atoms with Crippen molar-refractivity contribution in [3.05, 3.63) is 88.6 Å². The standard InChI is InChI=1S/C40H48ClN7O5S/c1-24(2)53-35-21-30(28-16-18-48(19-17-28)23-27-10-12-29(13-11-27)43-33-14-15-37(49)46-39(33)50)26(5)20-34(35)45-40-42-22-31(41)38(47-40)44-32-8-6-7-9-36(32)54(51,52)25(3)4/h6-13,20-22,24-25,28,33,43H,14-19,23H2,1-5H3,(H,46,49,50)(H2,42,44,45,47). The maximum atomic E-state index is 13.0. The SMILES string of the molecule is Cc1cc(Nc2ncc(Cl)c(Nc3ccccc3S(=O)(=O)C(C)C)n2)c(OC(C)C)cc1C1CCN(Cc2ccc(NC3CCC(=O)NC3=O)cc2)CC1. The number of carbonyl (C=O) groups is 2. The number of nitrogens with one attached hydrogen (secondary N) is 4. The van der Waals surface area contributed by atoms with E-state index in [4.69, 9.17) is 16.3 Å². The van der Waals surface area contributed by atoms with Gasteiger partial charge in [0, 0.05) is 18.7 Å². The number of likely N-dealkylation sites (tertiary alicyclic amines) is 1. The molecule has 2 amide bonds. The van der Waals surface area contributed by atoms with Crippen molar-refractivity contribution in [1.82, 2.24) is 20.2 Å². The van der Waals surface area contributed by atoms with Crippen LogP contribution >= 0.6 is 11.6 Å². The highest BCUT2D eigenvalue weighted by Gasteiger charge is 2.27. The normalized spacial score (nSPS) is 17.1. The van der Waals surface area contributed by atoms with E-state index in [1.54, 1.807) is 38.1 Å². The molecule has 54 heavy (non-hydrogen) atoms. The van der Waals surface area contributed by atoms with Crippen LogP contribution in [-0.2, 0) is 26.0 Å². The number of hydrogen-bond donors (Lipinski definition) is 4. The largest absolute Gasteiger partial charge is 0.489 e. The third-order valence-electron chi connectivity index (χ3n) is 9.76. The van der Waals surface area contributed by atoms with Gasteiger partial charge in [0.05, 0.1) is 33.8 Å². The highest BCUT2D eigenvalue weighted by atomic mass is 35.5. The van der Waals surface area contributed by atoms with E-state index in [1.165, 1.54) is 17.3 Å². The Morgan fingerprint density at radius 2 is 1.69 bits per heavy atom. The maximum Gasteiger partial charge on any atom is 0.249 e. The quantitative estimate of drug-likeness (QED) is 0.1000. The summed E-state index contributed by atoms with van der Waals surface area (Å²) in [7, 11) is -3.56. The zero-order valence-corrected chi connectivity index (χ0v) is 32.9. The molecule has 286 valence electrons. The molecular weight excluding hydrogens is 726 g/mol. The van der Waals surface area contributed by atoms with Gasteiger partial charge in [-0.15, -0.1) is 0 Å². The van der Waals surface area contributed by atoms with E-state index >= 15 is 0 Å². The summed E-state index contributed by atoms with van der Waals surface area (Å²) in [6.07, 6.45) is 4.25. The third-order valence-corrected chi connectivity index (χ3v) is 12.2. The molecule has 3 heterocycles. The molecule has 2 fully saturated rings. The first-order valence-electron chi connectivity index (χ1n) is 18.4. The molecule has 3 aromatic carbocycles. The van der Waals surface area contributed by atoms with E-state index < -0.39 is 21.1 Å². The molecule has 1 aromatic heterocycles. The molecule has 2 aliphatic heterocycles. The average Bonchev–Trinajstić information content (AvgIpc) is 3.13. The van der Waals surface area contributed by atoms with Crippen molar-refractivity contribution in [2.45, 2.75) is 95.1 Å². The van der Waals surface area contributed by atoms with Gasteiger partial charge in [-0.05, 0) is 126 Å². The number of imide groups is 1. The number of benzene rings is 3. The van der Waals surface area contributed by atoms with Crippen LogP contribution in [0.1, 0.15) is 76.0 Å². The van der Waals surface area contributed by atoms with Crippen LogP contribution in [0.4, 0.5) is 28.8 Å². The number of carbonyl (C=O) groups excluding carboxylic acids is 2. The van der Waals surface area contributed by atoms with Crippen LogP contribution in [0.5, 0.6) is 5.75 Å². The molecule has 2 aliphatic rings. The second-order valence-corrected chi connectivity index (χ2v) is 17.4. The lowest BCUT2D eigenvalue weighted by molar-refractivity contribution is -0.133. The molecule has 2 saturated heterocycles. The first-order valence-corrected chi connectivity index (χ1v) is 20.3. The number of aryl methyl sites for hydroxylation is 1. The Kier molecular flexibility index (Phi) is 12.1. The Hall–Kier alpha value is -4.72. The van der Waals surface area contributed by atoms with Crippen LogP contribution in [0.3, 0.4) is 0 Å². The van der Waals surface area contributed by atoms with Crippen molar-refractivity contribution >= 4 is 62.1 Å². The number of rotatable bonds is 13. The van der Waals surface area contributed by atoms with Crippen LogP contribution in [0.25, 0.3) is 0 Å². The van der Waals surface area contributed by atoms with E-state index in [1.807, 2.05) is 26.0 Å². The lowest BCUT2D eigenvalue weighted by Crippen LogP contribution is -2.47. The molecule has 0 saturated carbocycles. The van der Waals surface area contributed by atoms with Crippen LogP contribution in [0, 0.1) is 6.92 Å². The number of sulfone groups is 1. The molecule has 4 aromatic rings. The molecule has 14 heteroatoms. The summed E-state index contributed by atoms with van der Waals surface area (Å²) in [4.78, 5) is 35.3. The monoisotopic (exact) mass is 773 g/mol. The number of amides is 2. The van der Waals surface area contributed by atoms with Crippen molar-refractivity contribution in [3.63, 3.8) is 0 Å². The zero-order valence-electron chi connectivity index (χ0n) is 31.3. The smallest absolute Gasteiger partial charge is 0.249 e. The van der Waals surface area contributed by atoms with Crippen LogP contribution < -0.4 is 26.0 Å². The second kappa shape index (κ2) is 16.7. The fraction of sp³-hybridized carbons (Fsp3) is 0.400. The van der Waals surface area contributed by atoms with Crippen LogP contribution in [0.15, 0.2) is 71.8 Å². The Morgan fingerprint density at radius 3 is 2.37 bits per heavy atom. The fourth-order valence-electron chi connectivity index (χ4n) is 6.83. The lowest BCUT2D eigenvalue weighted by Gasteiger charge is -2.33. The van der Waals surface area contributed by atoms with E-state index in [-0.39, 0.29) is 39.6 Å². The van der Waals surface area contributed by atoms with Crippen molar-refractivity contribution in [3.8, 4) is 5.75 Å². The van der Waals surface area contributed by atoms with E-state index in [0.29, 0.717) is 35.9 Å². The Morgan fingerprint density at radius 1 is 0.963 bits per heavy atom. The molecular formula is C40H48ClN7O5S. The van der Waals surface area contributed by atoms with Gasteiger partial charge in [0.25, 0.3) is 0 Å². The van der Waals surface area contributed by atoms with Gasteiger partial charge in [0.15, 0.2) is 15.7 Å². The predicted octanol–water partition coefficient (Wildman–Crippen LogP) is 7.49. The van der Waals surface area contributed by atoms with Gasteiger partial charge in [0.2, 0.25) is 17.8 Å². The van der Waals surface area contributed by atoms with Gasteiger partial charge in [0.1, 0.15) is 16.8 Å². The average molecular weight is 774 g/mol. The number of piperidine rings is 2. The van der Waals surface area contributed by atoms with Crippen molar-refractivity contribution in [2.75, 3.05) is 29.0 Å². The molecule has 1 unspecified atom stereocenters. The molecule has 0 spiro atoms. The number of ether oxygens (including phenoxy) is 1. The van der Waals surface area contributed by atoms with Gasteiger partial charge in [-0.3, -0.25) is 19.8 Å². The Labute approximate surface area is 322 Å². The summed E-state index contributed by atoms with van der Waals surface area (Å²) in [5.41, 5.74) is 5.54. The molecule has 4 N–H and O–H groups in total. The minimum Gasteiger partial charge on any atom is -0.489 e. The van der Waals surface area contributed by atoms with E-state index in [0.717, 1.165) is 43.7 Å². The number of hydrogen-bond acceptors (Lipinski definition) is 11. The van der Waals surface area contributed by atoms with Crippen molar-refractivity contribution in [2.24, 2.45) is 0 Å². The van der Waals surface area contributed by atoms with Gasteiger partial charge < -0.3 is 20.7 Å². The number of nitrogens with zero attached hydrogens (tertiary/aromatic N) is 3. The van der Waals surface area contributed by atoms with E-state index in [9.17, 15) is 18.0 Å². The fourth-order valence-corrected chi connectivity index (χ4v) is 8.17. The molecule has 0 aliphatic carbocycles. The molecule has 12 nitrogen and oxygen atoms in total. The number of halogens is 1. The van der Waals surface area contributed by atoms with Crippen LogP contribution in [0.2, 0.25) is 5.02 Å². The van der Waals surface area contributed by atoms with Crippen molar-refractivity contribution in [1.29, 1.82) is 0 Å². The van der Waals surface area contributed by atoms with Crippen molar-refractivity contribution < 1.29 is 22.7 Å².